The molecular formula is C15H11N3O. The monoisotopic (exact) mass is 249 g/mol. The van der Waals surface area contributed by atoms with Gasteiger partial charge in [-0.1, -0.05) is 36.4 Å². The molecule has 3 aromatic rings. The zero-order valence-corrected chi connectivity index (χ0v) is 10.1. The van der Waals surface area contributed by atoms with Crippen LogP contribution in [0.1, 0.15) is 15.9 Å². The van der Waals surface area contributed by atoms with Gasteiger partial charge >= 0.3 is 0 Å². The molecule has 0 fully saturated rings. The van der Waals surface area contributed by atoms with Gasteiger partial charge in [-0.25, -0.2) is 0 Å². The van der Waals surface area contributed by atoms with Crippen LogP contribution in [0.25, 0.3) is 23.3 Å². The van der Waals surface area contributed by atoms with Gasteiger partial charge in [0, 0.05) is 5.56 Å². The molecule has 4 heteroatoms. The molecule has 0 aliphatic rings. The van der Waals surface area contributed by atoms with E-state index in [1.807, 2.05) is 42.5 Å². The lowest BCUT2D eigenvalue weighted by Crippen LogP contribution is -1.90. The Morgan fingerprint density at radius 1 is 0.842 bits per heavy atom. The average molecular weight is 249 g/mol. The number of benzene rings is 2. The second-order valence-electron chi connectivity index (χ2n) is 4.11. The summed E-state index contributed by atoms with van der Waals surface area (Å²) in [6.07, 6.45) is 4.51. The minimum Gasteiger partial charge on any atom is -0.298 e. The highest BCUT2D eigenvalue weighted by Gasteiger charge is 1.97. The fraction of sp³-hybridized carbons (Fsp3) is 0. The molecule has 19 heavy (non-hydrogen) atoms. The zero-order chi connectivity index (χ0) is 13.1. The predicted octanol–water partition coefficient (Wildman–Crippen LogP) is 2.87. The van der Waals surface area contributed by atoms with Gasteiger partial charge in [0.05, 0.1) is 6.20 Å². The Labute approximate surface area is 110 Å². The second kappa shape index (κ2) is 4.86. The van der Waals surface area contributed by atoms with E-state index in [1.54, 1.807) is 18.3 Å². The summed E-state index contributed by atoms with van der Waals surface area (Å²) in [5, 5.41) is 8.65. The van der Waals surface area contributed by atoms with Crippen molar-refractivity contribution in [1.82, 2.24) is 15.0 Å². The van der Waals surface area contributed by atoms with Gasteiger partial charge in [-0.15, -0.1) is 10.2 Å². The summed E-state index contributed by atoms with van der Waals surface area (Å²) < 4.78 is 0. The number of fused-ring (bicyclic) bond motifs is 1. The Balaban J connectivity index is 1.86. The molecule has 1 heterocycles. The number of nitrogens with zero attached hydrogens (tertiary/aromatic N) is 3. The van der Waals surface area contributed by atoms with Gasteiger partial charge in [-0.2, -0.15) is 4.80 Å². The van der Waals surface area contributed by atoms with Gasteiger partial charge < -0.3 is 0 Å². The number of carbonyl (C=O) groups excluding carboxylic acids is 1. The predicted molar refractivity (Wildman–Crippen MR) is 74.6 cm³/mol. The summed E-state index contributed by atoms with van der Waals surface area (Å²) in [4.78, 5) is 12.1. The van der Waals surface area contributed by atoms with Crippen molar-refractivity contribution in [1.29, 1.82) is 0 Å². The maximum atomic E-state index is 10.6. The van der Waals surface area contributed by atoms with E-state index >= 15 is 0 Å². The SMILES string of the molecule is O=Cc1ccc(/C=C/n2nc3ccccc3n2)cc1. The van der Waals surface area contributed by atoms with E-state index in [0.29, 0.717) is 5.56 Å². The highest BCUT2D eigenvalue weighted by atomic mass is 16.1. The van der Waals surface area contributed by atoms with E-state index in [9.17, 15) is 4.79 Å². The first kappa shape index (κ1) is 11.3. The largest absolute Gasteiger partial charge is 0.298 e. The molecule has 0 unspecified atom stereocenters. The van der Waals surface area contributed by atoms with Gasteiger partial charge in [0.25, 0.3) is 0 Å². The summed E-state index contributed by atoms with van der Waals surface area (Å²) in [6, 6.07) is 15.0. The maximum absolute atomic E-state index is 10.6. The third kappa shape index (κ3) is 2.42. The highest BCUT2D eigenvalue weighted by Crippen LogP contribution is 2.09. The average Bonchev–Trinajstić information content (AvgIpc) is 2.88. The van der Waals surface area contributed by atoms with Crippen LogP contribution >= 0.6 is 0 Å². The zero-order valence-electron chi connectivity index (χ0n) is 10.1. The van der Waals surface area contributed by atoms with Gasteiger partial charge in [0.15, 0.2) is 0 Å². The van der Waals surface area contributed by atoms with E-state index in [2.05, 4.69) is 10.2 Å². The van der Waals surface area contributed by atoms with Gasteiger partial charge in [-0.05, 0) is 23.8 Å². The molecule has 3 rings (SSSR count). The summed E-state index contributed by atoms with van der Waals surface area (Å²) in [6.45, 7) is 0. The number of carbonyl (C=O) groups is 1. The smallest absolute Gasteiger partial charge is 0.150 e. The molecule has 0 atom stereocenters. The molecular weight excluding hydrogens is 238 g/mol. The molecule has 0 spiro atoms. The van der Waals surface area contributed by atoms with Crippen molar-refractivity contribution >= 4 is 29.6 Å². The van der Waals surface area contributed by atoms with E-state index < -0.39 is 0 Å². The van der Waals surface area contributed by atoms with Gasteiger partial charge in [0.2, 0.25) is 0 Å². The molecule has 1 aromatic heterocycles. The minimum atomic E-state index is 0.667. The molecule has 92 valence electrons. The molecule has 0 aliphatic heterocycles. The van der Waals surface area contributed by atoms with Crippen molar-refractivity contribution in [2.24, 2.45) is 0 Å². The van der Waals surface area contributed by atoms with Crippen LogP contribution in [0.15, 0.2) is 48.5 Å². The van der Waals surface area contributed by atoms with Gasteiger partial charge in [0.1, 0.15) is 17.3 Å². The molecule has 0 amide bonds. The fourth-order valence-corrected chi connectivity index (χ4v) is 1.78. The number of rotatable bonds is 3. The van der Waals surface area contributed by atoms with Crippen LogP contribution in [0, 0.1) is 0 Å². The van der Waals surface area contributed by atoms with Crippen molar-refractivity contribution in [3.05, 3.63) is 59.7 Å². The Morgan fingerprint density at radius 2 is 1.42 bits per heavy atom. The first-order valence-electron chi connectivity index (χ1n) is 5.90. The lowest BCUT2D eigenvalue weighted by Gasteiger charge is -1.93. The van der Waals surface area contributed by atoms with Crippen LogP contribution in [-0.4, -0.2) is 21.3 Å². The molecule has 2 aromatic carbocycles. The van der Waals surface area contributed by atoms with Crippen molar-refractivity contribution in [2.45, 2.75) is 0 Å². The number of aromatic nitrogens is 3. The Bertz CT molecular complexity index is 708. The number of aldehydes is 1. The third-order valence-corrected chi connectivity index (χ3v) is 2.77. The van der Waals surface area contributed by atoms with Gasteiger partial charge in [-0.3, -0.25) is 4.79 Å². The second-order valence-corrected chi connectivity index (χ2v) is 4.11. The van der Waals surface area contributed by atoms with E-state index in [4.69, 9.17) is 0 Å². The quantitative estimate of drug-likeness (QED) is 0.670. The van der Waals surface area contributed by atoms with E-state index in [0.717, 1.165) is 22.9 Å². The van der Waals surface area contributed by atoms with Crippen LogP contribution in [0.4, 0.5) is 0 Å². The van der Waals surface area contributed by atoms with Crippen molar-refractivity contribution in [3.63, 3.8) is 0 Å². The molecule has 0 aliphatic carbocycles. The number of hydrogen-bond donors (Lipinski definition) is 0. The summed E-state index contributed by atoms with van der Waals surface area (Å²) >= 11 is 0. The van der Waals surface area contributed by atoms with Crippen molar-refractivity contribution in [3.8, 4) is 0 Å². The third-order valence-electron chi connectivity index (χ3n) is 2.77. The highest BCUT2D eigenvalue weighted by molar-refractivity contribution is 5.76. The minimum absolute atomic E-state index is 0.667. The maximum Gasteiger partial charge on any atom is 0.150 e. The molecule has 0 saturated carbocycles. The molecule has 0 bridgehead atoms. The number of hydrogen-bond acceptors (Lipinski definition) is 3. The van der Waals surface area contributed by atoms with Crippen LogP contribution < -0.4 is 0 Å². The molecule has 0 saturated heterocycles. The molecule has 0 radical (unpaired) electrons. The van der Waals surface area contributed by atoms with E-state index in [-0.39, 0.29) is 0 Å². The molecule has 0 N–H and O–H groups in total. The summed E-state index contributed by atoms with van der Waals surface area (Å²) in [5.74, 6) is 0. The van der Waals surface area contributed by atoms with Crippen LogP contribution in [-0.2, 0) is 0 Å². The lowest BCUT2D eigenvalue weighted by atomic mass is 10.1. The van der Waals surface area contributed by atoms with Crippen molar-refractivity contribution in [2.75, 3.05) is 0 Å². The van der Waals surface area contributed by atoms with Crippen molar-refractivity contribution < 1.29 is 4.79 Å². The Morgan fingerprint density at radius 3 is 2.00 bits per heavy atom. The first-order chi connectivity index (χ1) is 9.35. The van der Waals surface area contributed by atoms with Crippen LogP contribution in [0.3, 0.4) is 0 Å². The standard InChI is InChI=1S/C15H11N3O/c19-11-13-7-5-12(6-8-13)9-10-18-16-14-3-1-2-4-15(14)17-18/h1-11H/b10-9+. The van der Waals surface area contributed by atoms with Crippen LogP contribution in [0.2, 0.25) is 0 Å². The first-order valence-corrected chi connectivity index (χ1v) is 5.90. The molecule has 4 nitrogen and oxygen atoms in total. The Hall–Kier alpha value is -2.75. The van der Waals surface area contributed by atoms with Crippen LogP contribution in [0.5, 0.6) is 0 Å². The lowest BCUT2D eigenvalue weighted by molar-refractivity contribution is 0.112. The summed E-state index contributed by atoms with van der Waals surface area (Å²) in [7, 11) is 0. The Kier molecular flexibility index (Phi) is 2.90. The van der Waals surface area contributed by atoms with E-state index in [1.165, 1.54) is 4.80 Å². The normalized spacial score (nSPS) is 11.2. The topological polar surface area (TPSA) is 47.8 Å². The fourth-order valence-electron chi connectivity index (χ4n) is 1.78. The summed E-state index contributed by atoms with van der Waals surface area (Å²) in [5.41, 5.74) is 3.39.